The molecule has 0 amide bonds. The fraction of sp³-hybridized carbons (Fsp3) is 0.389. The minimum Gasteiger partial charge on any atom is -0.496 e. The number of anilines is 2. The molecule has 0 radical (unpaired) electrons. The first-order valence-corrected chi connectivity index (χ1v) is 8.26. The quantitative estimate of drug-likeness (QED) is 0.852. The van der Waals surface area contributed by atoms with Crippen molar-refractivity contribution in [2.75, 3.05) is 30.8 Å². The number of carbonyl (C=O) groups excluding carboxylic acids is 1. The fourth-order valence-electron chi connectivity index (χ4n) is 2.95. The summed E-state index contributed by atoms with van der Waals surface area (Å²) in [6, 6.07) is 7.13. The number of aryl methyl sites for hydroxylation is 1. The second-order valence-corrected chi connectivity index (χ2v) is 6.07. The SMILES string of the molecule is COc1cc(C(=O)O[C@@H]2CCCN(c3ccnc(N)n3)C2)ccc1C. The zero-order valence-electron chi connectivity index (χ0n) is 14.4. The molecule has 1 saturated heterocycles. The predicted molar refractivity (Wildman–Crippen MR) is 94.8 cm³/mol. The fourth-order valence-corrected chi connectivity index (χ4v) is 2.95. The highest BCUT2D eigenvalue weighted by Gasteiger charge is 2.25. The Morgan fingerprint density at radius 2 is 2.20 bits per heavy atom. The van der Waals surface area contributed by atoms with E-state index in [-0.39, 0.29) is 18.0 Å². The van der Waals surface area contributed by atoms with E-state index in [1.807, 2.05) is 19.1 Å². The van der Waals surface area contributed by atoms with Gasteiger partial charge in [-0.2, -0.15) is 4.98 Å². The Morgan fingerprint density at radius 3 is 2.96 bits per heavy atom. The number of benzene rings is 1. The number of ether oxygens (including phenoxy) is 2. The average Bonchev–Trinajstić information content (AvgIpc) is 2.62. The van der Waals surface area contributed by atoms with Gasteiger partial charge in [0, 0.05) is 12.7 Å². The lowest BCUT2D eigenvalue weighted by atomic mass is 10.1. The van der Waals surface area contributed by atoms with E-state index >= 15 is 0 Å². The van der Waals surface area contributed by atoms with Crippen LogP contribution in [0.2, 0.25) is 0 Å². The van der Waals surface area contributed by atoms with Gasteiger partial charge in [0.15, 0.2) is 0 Å². The van der Waals surface area contributed by atoms with Crippen molar-refractivity contribution in [1.29, 1.82) is 0 Å². The minimum absolute atomic E-state index is 0.190. The van der Waals surface area contributed by atoms with Gasteiger partial charge in [-0.1, -0.05) is 6.07 Å². The highest BCUT2D eigenvalue weighted by molar-refractivity contribution is 5.90. The molecular weight excluding hydrogens is 320 g/mol. The number of hydrogen-bond acceptors (Lipinski definition) is 7. The van der Waals surface area contributed by atoms with Gasteiger partial charge < -0.3 is 20.1 Å². The lowest BCUT2D eigenvalue weighted by Gasteiger charge is -2.33. The van der Waals surface area contributed by atoms with Crippen molar-refractivity contribution in [3.05, 3.63) is 41.6 Å². The van der Waals surface area contributed by atoms with E-state index < -0.39 is 0 Å². The van der Waals surface area contributed by atoms with Crippen LogP contribution >= 0.6 is 0 Å². The second kappa shape index (κ2) is 7.38. The van der Waals surface area contributed by atoms with E-state index in [9.17, 15) is 4.79 Å². The van der Waals surface area contributed by atoms with Gasteiger partial charge in [0.2, 0.25) is 5.95 Å². The van der Waals surface area contributed by atoms with E-state index in [2.05, 4.69) is 14.9 Å². The van der Waals surface area contributed by atoms with Crippen LogP contribution in [0.25, 0.3) is 0 Å². The molecule has 0 bridgehead atoms. The van der Waals surface area contributed by atoms with E-state index in [1.165, 1.54) is 0 Å². The summed E-state index contributed by atoms with van der Waals surface area (Å²) < 4.78 is 11.0. The average molecular weight is 342 g/mol. The summed E-state index contributed by atoms with van der Waals surface area (Å²) in [5, 5.41) is 0. The Hall–Kier alpha value is -2.83. The first-order chi connectivity index (χ1) is 12.1. The largest absolute Gasteiger partial charge is 0.496 e. The molecule has 1 fully saturated rings. The third kappa shape index (κ3) is 3.99. The Labute approximate surface area is 146 Å². The van der Waals surface area contributed by atoms with Crippen LogP contribution < -0.4 is 15.4 Å². The van der Waals surface area contributed by atoms with Crippen molar-refractivity contribution in [2.24, 2.45) is 0 Å². The van der Waals surface area contributed by atoms with Crippen LogP contribution in [0.4, 0.5) is 11.8 Å². The van der Waals surface area contributed by atoms with Crippen molar-refractivity contribution in [1.82, 2.24) is 9.97 Å². The Balaban J connectivity index is 1.67. The molecule has 1 aliphatic heterocycles. The molecule has 2 heterocycles. The van der Waals surface area contributed by atoms with Gasteiger partial charge in [0.25, 0.3) is 0 Å². The summed E-state index contributed by atoms with van der Waals surface area (Å²) in [5.74, 6) is 1.33. The normalized spacial score (nSPS) is 17.2. The highest BCUT2D eigenvalue weighted by atomic mass is 16.5. The molecule has 1 aromatic heterocycles. The Kier molecular flexibility index (Phi) is 5.02. The summed E-state index contributed by atoms with van der Waals surface area (Å²) in [5.41, 5.74) is 7.12. The van der Waals surface area contributed by atoms with Crippen LogP contribution in [-0.4, -0.2) is 42.2 Å². The monoisotopic (exact) mass is 342 g/mol. The topological polar surface area (TPSA) is 90.6 Å². The van der Waals surface area contributed by atoms with Crippen LogP contribution in [-0.2, 0) is 4.74 Å². The summed E-state index contributed by atoms with van der Waals surface area (Å²) in [6.07, 6.45) is 3.18. The van der Waals surface area contributed by atoms with E-state index in [1.54, 1.807) is 25.4 Å². The molecular formula is C18H22N4O3. The number of nitrogen functional groups attached to an aromatic ring is 1. The van der Waals surface area contributed by atoms with Crippen molar-refractivity contribution in [2.45, 2.75) is 25.9 Å². The third-order valence-corrected chi connectivity index (χ3v) is 4.28. The number of rotatable bonds is 4. The number of carbonyl (C=O) groups is 1. The van der Waals surface area contributed by atoms with Gasteiger partial charge in [-0.3, -0.25) is 0 Å². The van der Waals surface area contributed by atoms with Crippen molar-refractivity contribution in [3.8, 4) is 5.75 Å². The van der Waals surface area contributed by atoms with Gasteiger partial charge in [-0.05, 0) is 43.5 Å². The number of hydrogen-bond donors (Lipinski definition) is 1. The summed E-state index contributed by atoms with van der Waals surface area (Å²) in [6.45, 7) is 3.37. The number of methoxy groups -OCH3 is 1. The summed E-state index contributed by atoms with van der Waals surface area (Å²) in [7, 11) is 1.59. The van der Waals surface area contributed by atoms with Gasteiger partial charge in [-0.15, -0.1) is 0 Å². The molecule has 1 atom stereocenters. The molecule has 0 spiro atoms. The molecule has 1 aromatic carbocycles. The van der Waals surface area contributed by atoms with Gasteiger partial charge in [0.1, 0.15) is 17.7 Å². The van der Waals surface area contributed by atoms with Crippen molar-refractivity contribution < 1.29 is 14.3 Å². The maximum absolute atomic E-state index is 12.4. The maximum atomic E-state index is 12.4. The van der Waals surface area contributed by atoms with Crippen molar-refractivity contribution in [3.63, 3.8) is 0 Å². The Bertz CT molecular complexity index is 766. The predicted octanol–water partition coefficient (Wildman–Crippen LogP) is 2.20. The lowest BCUT2D eigenvalue weighted by Crippen LogP contribution is -2.41. The van der Waals surface area contributed by atoms with Gasteiger partial charge in [0.05, 0.1) is 19.2 Å². The molecule has 2 N–H and O–H groups in total. The summed E-state index contributed by atoms with van der Waals surface area (Å²) >= 11 is 0. The first-order valence-electron chi connectivity index (χ1n) is 8.26. The zero-order valence-corrected chi connectivity index (χ0v) is 14.4. The second-order valence-electron chi connectivity index (χ2n) is 6.07. The maximum Gasteiger partial charge on any atom is 0.338 e. The zero-order chi connectivity index (χ0) is 17.8. The molecule has 0 aliphatic carbocycles. The number of aromatic nitrogens is 2. The van der Waals surface area contributed by atoms with Crippen molar-refractivity contribution >= 4 is 17.7 Å². The minimum atomic E-state index is -0.340. The molecule has 1 aliphatic rings. The Morgan fingerprint density at radius 1 is 1.36 bits per heavy atom. The van der Waals surface area contributed by atoms with Crippen LogP contribution in [0.1, 0.15) is 28.8 Å². The van der Waals surface area contributed by atoms with Crippen LogP contribution in [0.15, 0.2) is 30.5 Å². The number of nitrogens with two attached hydrogens (primary N) is 1. The molecule has 2 aromatic rings. The van der Waals surface area contributed by atoms with Gasteiger partial charge in [-0.25, -0.2) is 9.78 Å². The molecule has 0 saturated carbocycles. The molecule has 3 rings (SSSR count). The smallest absolute Gasteiger partial charge is 0.338 e. The molecule has 7 nitrogen and oxygen atoms in total. The summed E-state index contributed by atoms with van der Waals surface area (Å²) in [4.78, 5) is 22.7. The molecule has 25 heavy (non-hydrogen) atoms. The standard InChI is InChI=1S/C18H22N4O3/c1-12-5-6-13(10-15(12)24-2)17(23)25-14-4-3-9-22(11-14)16-7-8-20-18(19)21-16/h5-8,10,14H,3-4,9,11H2,1-2H3,(H2,19,20,21)/t14-/m1/s1. The van der Waals surface area contributed by atoms with Crippen LogP contribution in [0.3, 0.4) is 0 Å². The number of piperidine rings is 1. The van der Waals surface area contributed by atoms with E-state index in [0.29, 0.717) is 17.9 Å². The van der Waals surface area contributed by atoms with Gasteiger partial charge >= 0.3 is 5.97 Å². The lowest BCUT2D eigenvalue weighted by molar-refractivity contribution is 0.0269. The van der Waals surface area contributed by atoms with E-state index in [0.717, 1.165) is 30.8 Å². The molecule has 132 valence electrons. The number of nitrogens with zero attached hydrogens (tertiary/aromatic N) is 3. The van der Waals surface area contributed by atoms with E-state index in [4.69, 9.17) is 15.2 Å². The van der Waals surface area contributed by atoms with Crippen LogP contribution in [0, 0.1) is 6.92 Å². The van der Waals surface area contributed by atoms with Crippen LogP contribution in [0.5, 0.6) is 5.75 Å². The molecule has 7 heteroatoms. The third-order valence-electron chi connectivity index (χ3n) is 4.28. The first kappa shape index (κ1) is 17.0. The highest BCUT2D eigenvalue weighted by Crippen LogP contribution is 2.23. The molecule has 0 unspecified atom stereocenters. The number of esters is 1.